The summed E-state index contributed by atoms with van der Waals surface area (Å²) in [5, 5.41) is 3.21. The van der Waals surface area contributed by atoms with Crippen molar-refractivity contribution >= 4 is 17.6 Å². The summed E-state index contributed by atoms with van der Waals surface area (Å²) in [5.74, 6) is 0.0120. The van der Waals surface area contributed by atoms with Gasteiger partial charge in [0.05, 0.1) is 17.1 Å². The first-order valence-corrected chi connectivity index (χ1v) is 9.24. The van der Waals surface area contributed by atoms with Gasteiger partial charge in [-0.05, 0) is 49.6 Å². The molecule has 0 saturated heterocycles. The van der Waals surface area contributed by atoms with Crippen molar-refractivity contribution in [3.8, 4) is 0 Å². The zero-order chi connectivity index (χ0) is 17.6. The Labute approximate surface area is 149 Å². The fourth-order valence-corrected chi connectivity index (χ4v) is 3.24. The van der Waals surface area contributed by atoms with Crippen LogP contribution in [0.5, 0.6) is 0 Å². The van der Waals surface area contributed by atoms with E-state index >= 15 is 0 Å². The molecule has 25 heavy (non-hydrogen) atoms. The highest BCUT2D eigenvalue weighted by molar-refractivity contribution is 6.14. The van der Waals surface area contributed by atoms with Crippen LogP contribution in [0.3, 0.4) is 0 Å². The number of carbonyl (C=O) groups excluding carboxylic acids is 1. The van der Waals surface area contributed by atoms with Gasteiger partial charge < -0.3 is 15.3 Å². The molecule has 3 heterocycles. The van der Waals surface area contributed by atoms with E-state index in [1.165, 1.54) is 43.4 Å². The lowest BCUT2D eigenvalue weighted by atomic mass is 10.1. The molecule has 3 rings (SSSR count). The fraction of sp³-hybridized carbons (Fsp3) is 0.381. The fourth-order valence-electron chi connectivity index (χ4n) is 3.24. The Balaban J connectivity index is 1.62. The Hall–Kier alpha value is -2.49. The number of aryl methyl sites for hydroxylation is 2. The van der Waals surface area contributed by atoms with Gasteiger partial charge >= 0.3 is 0 Å². The molecule has 0 fully saturated rings. The standard InChI is InChI=1S/C21H27N3O/c1-3-4-5-6-7-9-16-12-17(23-15(16)2)13-20-21(25)14-19(24-20)18-10-8-11-22-18/h8,10-14,22-24H,3-7,9H2,1-2H3/b20-13-. The molecule has 1 aliphatic rings. The summed E-state index contributed by atoms with van der Waals surface area (Å²) >= 11 is 0. The number of aromatic nitrogens is 2. The summed E-state index contributed by atoms with van der Waals surface area (Å²) in [6.45, 7) is 4.35. The molecule has 0 aromatic carbocycles. The van der Waals surface area contributed by atoms with Crippen molar-refractivity contribution in [3.63, 3.8) is 0 Å². The summed E-state index contributed by atoms with van der Waals surface area (Å²) in [5.41, 5.74) is 5.89. The topological polar surface area (TPSA) is 60.7 Å². The Morgan fingerprint density at radius 2 is 2.00 bits per heavy atom. The van der Waals surface area contributed by atoms with Gasteiger partial charge in [-0.25, -0.2) is 0 Å². The molecular weight excluding hydrogens is 310 g/mol. The van der Waals surface area contributed by atoms with Gasteiger partial charge in [-0.2, -0.15) is 0 Å². The zero-order valence-electron chi connectivity index (χ0n) is 15.1. The minimum atomic E-state index is 0.0120. The van der Waals surface area contributed by atoms with Crippen LogP contribution >= 0.6 is 0 Å². The van der Waals surface area contributed by atoms with Gasteiger partial charge in [0.25, 0.3) is 0 Å². The van der Waals surface area contributed by atoms with Crippen LogP contribution in [-0.2, 0) is 11.2 Å². The molecule has 0 spiro atoms. The third-order valence-electron chi connectivity index (χ3n) is 4.69. The van der Waals surface area contributed by atoms with Crippen molar-refractivity contribution in [3.05, 3.63) is 58.8 Å². The summed E-state index contributed by atoms with van der Waals surface area (Å²) < 4.78 is 0. The van der Waals surface area contributed by atoms with Gasteiger partial charge in [0, 0.05) is 23.7 Å². The van der Waals surface area contributed by atoms with E-state index in [0.29, 0.717) is 5.70 Å². The molecule has 132 valence electrons. The highest BCUT2D eigenvalue weighted by Gasteiger charge is 2.19. The van der Waals surface area contributed by atoms with Crippen molar-refractivity contribution in [2.45, 2.75) is 52.4 Å². The summed E-state index contributed by atoms with van der Waals surface area (Å²) in [7, 11) is 0. The molecule has 4 nitrogen and oxygen atoms in total. The minimum absolute atomic E-state index is 0.0120. The molecule has 4 heteroatoms. The average Bonchev–Trinajstić information content (AvgIpc) is 3.30. The van der Waals surface area contributed by atoms with Crippen LogP contribution in [0.25, 0.3) is 11.8 Å². The number of hydrogen-bond donors (Lipinski definition) is 3. The quantitative estimate of drug-likeness (QED) is 0.482. The molecule has 2 aromatic heterocycles. The number of nitrogens with one attached hydrogen (secondary N) is 3. The minimum Gasteiger partial charge on any atom is -0.360 e. The molecule has 0 atom stereocenters. The van der Waals surface area contributed by atoms with Crippen LogP contribution in [0.15, 0.2) is 36.2 Å². The van der Waals surface area contributed by atoms with Crippen molar-refractivity contribution in [2.75, 3.05) is 0 Å². The lowest BCUT2D eigenvalue weighted by Crippen LogP contribution is -2.09. The maximum Gasteiger partial charge on any atom is 0.204 e. The summed E-state index contributed by atoms with van der Waals surface area (Å²) in [6, 6.07) is 6.04. The molecule has 0 saturated carbocycles. The second kappa shape index (κ2) is 8.06. The van der Waals surface area contributed by atoms with Gasteiger partial charge in [0.1, 0.15) is 0 Å². The number of hydrogen-bond acceptors (Lipinski definition) is 2. The van der Waals surface area contributed by atoms with Gasteiger partial charge in [-0.3, -0.25) is 4.79 Å². The van der Waals surface area contributed by atoms with Crippen LogP contribution in [0.1, 0.15) is 61.7 Å². The van der Waals surface area contributed by atoms with Crippen LogP contribution in [0.4, 0.5) is 0 Å². The van der Waals surface area contributed by atoms with E-state index < -0.39 is 0 Å². The molecule has 0 radical (unpaired) electrons. The highest BCUT2D eigenvalue weighted by atomic mass is 16.1. The number of unbranched alkanes of at least 4 members (excludes halogenated alkanes) is 4. The number of ketones is 1. The highest BCUT2D eigenvalue weighted by Crippen LogP contribution is 2.21. The summed E-state index contributed by atoms with van der Waals surface area (Å²) in [6.07, 6.45) is 12.9. The number of rotatable bonds is 8. The SMILES string of the molecule is CCCCCCCc1cc(/C=C2\NC(c3ccc[nH]3)=CC2=O)[nH]c1C. The van der Waals surface area contributed by atoms with E-state index in [2.05, 4.69) is 35.2 Å². The van der Waals surface area contributed by atoms with E-state index in [0.717, 1.165) is 23.5 Å². The van der Waals surface area contributed by atoms with Crippen LogP contribution in [0, 0.1) is 6.92 Å². The second-order valence-corrected chi connectivity index (χ2v) is 6.73. The second-order valence-electron chi connectivity index (χ2n) is 6.73. The monoisotopic (exact) mass is 337 g/mol. The first kappa shape index (κ1) is 17.3. The number of carbonyl (C=O) groups is 1. The normalized spacial score (nSPS) is 15.7. The van der Waals surface area contributed by atoms with E-state index in [4.69, 9.17) is 0 Å². The number of H-pyrrole nitrogens is 2. The molecule has 1 aliphatic heterocycles. The molecule has 0 amide bonds. The first-order chi connectivity index (χ1) is 12.2. The van der Waals surface area contributed by atoms with E-state index in [1.54, 1.807) is 6.08 Å². The third kappa shape index (κ3) is 4.32. The predicted molar refractivity (Wildman–Crippen MR) is 103 cm³/mol. The summed E-state index contributed by atoms with van der Waals surface area (Å²) in [4.78, 5) is 18.7. The number of allylic oxidation sites excluding steroid dienone is 1. The van der Waals surface area contributed by atoms with Gasteiger partial charge in [-0.15, -0.1) is 0 Å². The van der Waals surface area contributed by atoms with Crippen molar-refractivity contribution in [2.24, 2.45) is 0 Å². The van der Waals surface area contributed by atoms with Gasteiger partial charge in [0.2, 0.25) is 5.78 Å². The van der Waals surface area contributed by atoms with E-state index in [-0.39, 0.29) is 5.78 Å². The maximum atomic E-state index is 12.2. The lowest BCUT2D eigenvalue weighted by molar-refractivity contribution is -0.111. The van der Waals surface area contributed by atoms with Crippen LogP contribution in [-0.4, -0.2) is 15.8 Å². The Kier molecular flexibility index (Phi) is 5.59. The Morgan fingerprint density at radius 1 is 1.16 bits per heavy atom. The third-order valence-corrected chi connectivity index (χ3v) is 4.69. The van der Waals surface area contributed by atoms with Crippen molar-refractivity contribution < 1.29 is 4.79 Å². The maximum absolute atomic E-state index is 12.2. The molecule has 0 aliphatic carbocycles. The molecule has 3 N–H and O–H groups in total. The molecule has 2 aromatic rings. The molecule has 0 bridgehead atoms. The number of aromatic amines is 2. The predicted octanol–water partition coefficient (Wildman–Crippen LogP) is 4.72. The first-order valence-electron chi connectivity index (χ1n) is 9.24. The molecular formula is C21H27N3O. The zero-order valence-corrected chi connectivity index (χ0v) is 15.1. The Bertz CT molecular complexity index is 778. The average molecular weight is 337 g/mol. The van der Waals surface area contributed by atoms with E-state index in [9.17, 15) is 4.79 Å². The lowest BCUT2D eigenvalue weighted by Gasteiger charge is -2.02. The smallest absolute Gasteiger partial charge is 0.204 e. The van der Waals surface area contributed by atoms with Crippen molar-refractivity contribution in [1.82, 2.24) is 15.3 Å². The van der Waals surface area contributed by atoms with Gasteiger partial charge in [0.15, 0.2) is 0 Å². The van der Waals surface area contributed by atoms with Crippen LogP contribution in [0.2, 0.25) is 0 Å². The Morgan fingerprint density at radius 3 is 2.76 bits per heavy atom. The molecule has 0 unspecified atom stereocenters. The largest absolute Gasteiger partial charge is 0.360 e. The van der Waals surface area contributed by atoms with Crippen LogP contribution < -0.4 is 5.32 Å². The van der Waals surface area contributed by atoms with Gasteiger partial charge in [-0.1, -0.05) is 32.6 Å². The van der Waals surface area contributed by atoms with Crippen molar-refractivity contribution in [1.29, 1.82) is 0 Å². The van der Waals surface area contributed by atoms with E-state index in [1.807, 2.05) is 24.4 Å².